The van der Waals surface area contributed by atoms with Gasteiger partial charge < -0.3 is 9.47 Å². The van der Waals surface area contributed by atoms with Crippen molar-refractivity contribution in [3.8, 4) is 5.75 Å². The Hall–Kier alpha value is -2.44. The molecule has 1 amide bonds. The number of carbonyl (C=O) groups is 1. The third-order valence-electron chi connectivity index (χ3n) is 2.77. The van der Waals surface area contributed by atoms with E-state index in [1.165, 1.54) is 0 Å². The number of methoxy groups -OCH3 is 1. The monoisotopic (exact) mass is 287 g/mol. The van der Waals surface area contributed by atoms with E-state index in [1.807, 2.05) is 29.7 Å². The summed E-state index contributed by atoms with van der Waals surface area (Å²) >= 11 is 0. The molecule has 2 rings (SSSR count). The predicted octanol–water partition coefficient (Wildman–Crippen LogP) is 1.41. The molecule has 0 atom stereocenters. The van der Waals surface area contributed by atoms with Gasteiger partial charge in [-0.25, -0.2) is 10.8 Å². The Labute approximate surface area is 122 Å². The molecule has 0 aliphatic rings. The number of benzene rings is 1. The molecule has 0 bridgehead atoms. The number of nitrogen functional groups attached to an aromatic ring is 1. The average molecular weight is 287 g/mol. The molecule has 0 fully saturated rings. The molecule has 2 aromatic rings. The zero-order valence-electron chi connectivity index (χ0n) is 11.7. The maximum Gasteiger partial charge on any atom is 0.283 e. The molecule has 0 aliphatic carbocycles. The van der Waals surface area contributed by atoms with Gasteiger partial charge in [0.15, 0.2) is 0 Å². The van der Waals surface area contributed by atoms with Crippen LogP contribution in [0.15, 0.2) is 42.5 Å². The molecule has 0 aliphatic heterocycles. The molecule has 1 heterocycles. The minimum absolute atomic E-state index is 0.256. The number of amides is 1. The molecule has 0 spiro atoms. The van der Waals surface area contributed by atoms with Crippen LogP contribution >= 0.6 is 0 Å². The van der Waals surface area contributed by atoms with Crippen molar-refractivity contribution < 1.29 is 14.3 Å². The van der Waals surface area contributed by atoms with Crippen molar-refractivity contribution in [1.29, 1.82) is 0 Å². The molecule has 0 unspecified atom stereocenters. The van der Waals surface area contributed by atoms with Crippen LogP contribution in [0.2, 0.25) is 0 Å². The molecule has 21 heavy (non-hydrogen) atoms. The molecule has 1 aromatic heterocycles. The van der Waals surface area contributed by atoms with E-state index in [0.29, 0.717) is 12.3 Å². The van der Waals surface area contributed by atoms with Crippen LogP contribution in [-0.4, -0.2) is 18.0 Å². The van der Waals surface area contributed by atoms with Crippen molar-refractivity contribution in [3.05, 3.63) is 59.4 Å². The van der Waals surface area contributed by atoms with Gasteiger partial charge in [0.05, 0.1) is 12.3 Å². The molecular weight excluding hydrogens is 270 g/mol. The maximum atomic E-state index is 11.4. The normalized spacial score (nSPS) is 10.2. The first-order valence-corrected chi connectivity index (χ1v) is 6.40. The van der Waals surface area contributed by atoms with Gasteiger partial charge in [-0.3, -0.25) is 10.2 Å². The van der Waals surface area contributed by atoms with E-state index >= 15 is 0 Å². The lowest BCUT2D eigenvalue weighted by atomic mass is 10.2. The zero-order chi connectivity index (χ0) is 15.1. The van der Waals surface area contributed by atoms with Crippen LogP contribution in [0.5, 0.6) is 5.75 Å². The second-order valence-corrected chi connectivity index (χ2v) is 4.36. The van der Waals surface area contributed by atoms with Crippen molar-refractivity contribution >= 4 is 5.91 Å². The summed E-state index contributed by atoms with van der Waals surface area (Å²) in [5.74, 6) is 5.37. The number of aromatic nitrogens is 1. The van der Waals surface area contributed by atoms with Crippen molar-refractivity contribution in [2.45, 2.75) is 13.2 Å². The standard InChI is InChI=1S/C15H17N3O3/c1-20-9-11-4-2-6-13(8-11)21-10-12-5-3-7-14(17-12)15(19)18-16/h2-8H,9-10,16H2,1H3,(H,18,19). The molecular formula is C15H17N3O3. The van der Waals surface area contributed by atoms with Crippen LogP contribution in [0.25, 0.3) is 0 Å². The number of hydrogen-bond donors (Lipinski definition) is 2. The van der Waals surface area contributed by atoms with Gasteiger partial charge in [0, 0.05) is 7.11 Å². The lowest BCUT2D eigenvalue weighted by Gasteiger charge is -2.08. The van der Waals surface area contributed by atoms with Crippen LogP contribution in [-0.2, 0) is 18.0 Å². The number of pyridine rings is 1. The highest BCUT2D eigenvalue weighted by atomic mass is 16.5. The maximum absolute atomic E-state index is 11.4. The SMILES string of the molecule is COCc1cccc(OCc2cccc(C(=O)NN)n2)c1. The number of nitrogens with one attached hydrogen (secondary N) is 1. The van der Waals surface area contributed by atoms with E-state index in [4.69, 9.17) is 15.3 Å². The molecule has 0 saturated carbocycles. The molecule has 0 radical (unpaired) electrons. The van der Waals surface area contributed by atoms with Gasteiger partial charge in [0.2, 0.25) is 0 Å². The Bertz CT molecular complexity index is 617. The van der Waals surface area contributed by atoms with Gasteiger partial charge in [-0.2, -0.15) is 0 Å². The summed E-state index contributed by atoms with van der Waals surface area (Å²) in [5, 5.41) is 0. The fraction of sp³-hybridized carbons (Fsp3) is 0.200. The lowest BCUT2D eigenvalue weighted by molar-refractivity contribution is 0.0948. The van der Waals surface area contributed by atoms with E-state index < -0.39 is 5.91 Å². The summed E-state index contributed by atoms with van der Waals surface area (Å²) < 4.78 is 10.7. The van der Waals surface area contributed by atoms with Crippen molar-refractivity contribution in [3.63, 3.8) is 0 Å². The van der Waals surface area contributed by atoms with E-state index in [1.54, 1.807) is 25.3 Å². The molecule has 6 nitrogen and oxygen atoms in total. The van der Waals surface area contributed by atoms with Crippen molar-refractivity contribution in [1.82, 2.24) is 10.4 Å². The smallest absolute Gasteiger partial charge is 0.283 e. The van der Waals surface area contributed by atoms with Crippen LogP contribution in [0.4, 0.5) is 0 Å². The average Bonchev–Trinajstić information content (AvgIpc) is 2.53. The first kappa shape index (κ1) is 15.0. The number of ether oxygens (including phenoxy) is 2. The largest absolute Gasteiger partial charge is 0.487 e. The van der Waals surface area contributed by atoms with Crippen molar-refractivity contribution in [2.75, 3.05) is 7.11 Å². The molecule has 0 saturated heterocycles. The van der Waals surface area contributed by atoms with Crippen LogP contribution < -0.4 is 16.0 Å². The van der Waals surface area contributed by atoms with Gasteiger partial charge in [-0.15, -0.1) is 0 Å². The minimum Gasteiger partial charge on any atom is -0.487 e. The highest BCUT2D eigenvalue weighted by Crippen LogP contribution is 2.15. The highest BCUT2D eigenvalue weighted by Gasteiger charge is 2.06. The Kier molecular flexibility index (Phi) is 5.25. The summed E-state index contributed by atoms with van der Waals surface area (Å²) in [4.78, 5) is 15.6. The topological polar surface area (TPSA) is 86.5 Å². The molecule has 1 aromatic carbocycles. The molecule has 6 heteroatoms. The Balaban J connectivity index is 2.02. The Morgan fingerprint density at radius 1 is 1.24 bits per heavy atom. The zero-order valence-corrected chi connectivity index (χ0v) is 11.7. The summed E-state index contributed by atoms with van der Waals surface area (Å²) in [6, 6.07) is 12.7. The van der Waals surface area contributed by atoms with E-state index in [2.05, 4.69) is 4.98 Å². The quantitative estimate of drug-likeness (QED) is 0.476. The summed E-state index contributed by atoms with van der Waals surface area (Å²) in [5.41, 5.74) is 3.98. The van der Waals surface area contributed by atoms with Gasteiger partial charge in [0.25, 0.3) is 5.91 Å². The van der Waals surface area contributed by atoms with Gasteiger partial charge in [-0.05, 0) is 29.8 Å². The van der Waals surface area contributed by atoms with E-state index in [0.717, 1.165) is 11.3 Å². The number of hydrogen-bond acceptors (Lipinski definition) is 5. The molecule has 3 N–H and O–H groups in total. The third kappa shape index (κ3) is 4.27. The summed E-state index contributed by atoms with van der Waals surface area (Å²) in [6.45, 7) is 0.795. The number of nitrogens with two attached hydrogens (primary N) is 1. The predicted molar refractivity (Wildman–Crippen MR) is 77.4 cm³/mol. The number of rotatable bonds is 6. The Morgan fingerprint density at radius 2 is 2.05 bits per heavy atom. The first-order chi connectivity index (χ1) is 10.2. The van der Waals surface area contributed by atoms with Gasteiger partial charge >= 0.3 is 0 Å². The molecule has 110 valence electrons. The minimum atomic E-state index is -0.432. The fourth-order valence-corrected chi connectivity index (χ4v) is 1.81. The highest BCUT2D eigenvalue weighted by molar-refractivity contribution is 5.91. The van der Waals surface area contributed by atoms with E-state index in [-0.39, 0.29) is 12.3 Å². The summed E-state index contributed by atoms with van der Waals surface area (Å²) in [6.07, 6.45) is 0. The number of nitrogens with zero attached hydrogens (tertiary/aromatic N) is 1. The van der Waals surface area contributed by atoms with Crippen LogP contribution in [0, 0.1) is 0 Å². The third-order valence-corrected chi connectivity index (χ3v) is 2.77. The van der Waals surface area contributed by atoms with Crippen LogP contribution in [0.3, 0.4) is 0 Å². The second kappa shape index (κ2) is 7.37. The van der Waals surface area contributed by atoms with Crippen LogP contribution in [0.1, 0.15) is 21.7 Å². The number of carbonyl (C=O) groups excluding carboxylic acids is 1. The van der Waals surface area contributed by atoms with E-state index in [9.17, 15) is 4.79 Å². The van der Waals surface area contributed by atoms with Gasteiger partial charge in [0.1, 0.15) is 18.1 Å². The summed E-state index contributed by atoms with van der Waals surface area (Å²) in [7, 11) is 1.64. The Morgan fingerprint density at radius 3 is 2.81 bits per heavy atom. The van der Waals surface area contributed by atoms with Gasteiger partial charge in [-0.1, -0.05) is 18.2 Å². The fourth-order valence-electron chi connectivity index (χ4n) is 1.81. The second-order valence-electron chi connectivity index (χ2n) is 4.36. The number of hydrazine groups is 1. The first-order valence-electron chi connectivity index (χ1n) is 6.40. The lowest BCUT2D eigenvalue weighted by Crippen LogP contribution is -2.30. The van der Waals surface area contributed by atoms with Crippen molar-refractivity contribution in [2.24, 2.45) is 5.84 Å².